The number of aliphatic hydroxyl groups is 1. The first-order valence-corrected chi connectivity index (χ1v) is 5.86. The molecule has 0 aromatic rings. The highest BCUT2D eigenvalue weighted by Crippen LogP contribution is 2.61. The highest BCUT2D eigenvalue weighted by molar-refractivity contribution is 5.16. The van der Waals surface area contributed by atoms with Crippen molar-refractivity contribution < 1.29 is 14.6 Å². The lowest BCUT2D eigenvalue weighted by Gasteiger charge is -2.63. The predicted molar refractivity (Wildman–Crippen MR) is 55.6 cm³/mol. The Bertz CT molecular complexity index is 269. The maximum Gasteiger partial charge on any atom is 0.0736 e. The molecule has 0 radical (unpaired) electrons. The van der Waals surface area contributed by atoms with Crippen LogP contribution in [0.4, 0.5) is 0 Å². The van der Waals surface area contributed by atoms with Crippen molar-refractivity contribution in [3.63, 3.8) is 0 Å². The molecule has 4 rings (SSSR count). The second-order valence-electron chi connectivity index (χ2n) is 6.01. The minimum absolute atomic E-state index is 0.107. The fourth-order valence-electron chi connectivity index (χ4n) is 4.67. The van der Waals surface area contributed by atoms with Gasteiger partial charge in [0.1, 0.15) is 0 Å². The van der Waals surface area contributed by atoms with E-state index in [0.29, 0.717) is 5.92 Å². The second-order valence-corrected chi connectivity index (χ2v) is 6.01. The van der Waals surface area contributed by atoms with Crippen molar-refractivity contribution in [2.75, 3.05) is 14.2 Å². The van der Waals surface area contributed by atoms with Crippen LogP contribution in [0.25, 0.3) is 0 Å². The molecule has 4 aliphatic rings. The van der Waals surface area contributed by atoms with Gasteiger partial charge in [0, 0.05) is 33.5 Å². The van der Waals surface area contributed by atoms with E-state index in [1.165, 1.54) is 0 Å². The molecule has 1 N–H and O–H groups in total. The van der Waals surface area contributed by atoms with Crippen molar-refractivity contribution in [3.8, 4) is 0 Å². The summed E-state index contributed by atoms with van der Waals surface area (Å²) in [5.74, 6) is 0.589. The summed E-state index contributed by atoms with van der Waals surface area (Å²) in [6.07, 6.45) is 5.74. The van der Waals surface area contributed by atoms with Crippen LogP contribution in [0.3, 0.4) is 0 Å². The third-order valence-electron chi connectivity index (χ3n) is 4.80. The van der Waals surface area contributed by atoms with Gasteiger partial charge in [-0.25, -0.2) is 0 Å². The second kappa shape index (κ2) is 2.76. The number of hydrogen-bond acceptors (Lipinski definition) is 3. The Kier molecular flexibility index (Phi) is 1.85. The number of hydrogen-bond donors (Lipinski definition) is 1. The fourth-order valence-corrected chi connectivity index (χ4v) is 4.67. The molecule has 2 unspecified atom stereocenters. The van der Waals surface area contributed by atoms with E-state index in [4.69, 9.17) is 9.47 Å². The Labute approximate surface area is 90.8 Å². The van der Waals surface area contributed by atoms with Crippen LogP contribution in [0.1, 0.15) is 38.5 Å². The molecule has 0 spiro atoms. The summed E-state index contributed by atoms with van der Waals surface area (Å²) in [6, 6.07) is 0. The van der Waals surface area contributed by atoms with Crippen molar-refractivity contribution in [1.82, 2.24) is 0 Å². The first kappa shape index (κ1) is 10.1. The van der Waals surface area contributed by atoms with Crippen LogP contribution >= 0.6 is 0 Å². The first-order chi connectivity index (χ1) is 7.03. The SMILES string of the molecule is COC12CC3CC(O)(C1)CC(OC)(C3)C2. The van der Waals surface area contributed by atoms with Gasteiger partial charge < -0.3 is 14.6 Å². The van der Waals surface area contributed by atoms with Crippen LogP contribution in [-0.2, 0) is 9.47 Å². The average Bonchev–Trinajstić information content (AvgIpc) is 2.14. The van der Waals surface area contributed by atoms with Crippen LogP contribution in [-0.4, -0.2) is 36.1 Å². The summed E-state index contributed by atoms with van der Waals surface area (Å²) < 4.78 is 11.4. The van der Waals surface area contributed by atoms with Crippen molar-refractivity contribution in [1.29, 1.82) is 0 Å². The topological polar surface area (TPSA) is 38.7 Å². The molecular weight excluding hydrogens is 192 g/mol. The summed E-state index contributed by atoms with van der Waals surface area (Å²) in [5, 5.41) is 10.5. The normalized spacial score (nSPS) is 57.4. The molecule has 0 aromatic heterocycles. The van der Waals surface area contributed by atoms with Gasteiger partial charge in [-0.05, 0) is 25.2 Å². The molecule has 3 heteroatoms. The van der Waals surface area contributed by atoms with Crippen LogP contribution < -0.4 is 0 Å². The highest BCUT2D eigenvalue weighted by atomic mass is 16.5. The lowest BCUT2D eigenvalue weighted by Crippen LogP contribution is -2.66. The zero-order valence-electron chi connectivity index (χ0n) is 9.58. The van der Waals surface area contributed by atoms with E-state index in [2.05, 4.69) is 0 Å². The maximum absolute atomic E-state index is 10.5. The maximum atomic E-state index is 10.5. The lowest BCUT2D eigenvalue weighted by molar-refractivity contribution is -0.268. The van der Waals surface area contributed by atoms with Crippen LogP contribution in [0.15, 0.2) is 0 Å². The molecule has 4 aliphatic carbocycles. The van der Waals surface area contributed by atoms with Crippen molar-refractivity contribution in [2.24, 2.45) is 5.92 Å². The monoisotopic (exact) mass is 212 g/mol. The lowest BCUT2D eigenvalue weighted by atomic mass is 9.50. The first-order valence-electron chi connectivity index (χ1n) is 5.86. The summed E-state index contributed by atoms with van der Waals surface area (Å²) in [4.78, 5) is 0. The molecule has 4 fully saturated rings. The zero-order valence-corrected chi connectivity index (χ0v) is 9.58. The van der Waals surface area contributed by atoms with E-state index in [1.807, 2.05) is 0 Å². The Hall–Kier alpha value is -0.120. The van der Waals surface area contributed by atoms with E-state index in [9.17, 15) is 5.11 Å². The van der Waals surface area contributed by atoms with E-state index < -0.39 is 5.60 Å². The van der Waals surface area contributed by atoms with E-state index in [0.717, 1.165) is 38.5 Å². The molecular formula is C12H20O3. The largest absolute Gasteiger partial charge is 0.390 e. The average molecular weight is 212 g/mol. The molecule has 3 nitrogen and oxygen atoms in total. The standard InChI is InChI=1S/C12H20O3/c1-14-11-4-9-3-10(13,6-11)7-12(5-9,8-11)15-2/h9,13H,3-8H2,1-2H3. The molecule has 0 amide bonds. The minimum Gasteiger partial charge on any atom is -0.390 e. The third kappa shape index (κ3) is 1.30. The summed E-state index contributed by atoms with van der Waals surface area (Å²) in [5.41, 5.74) is -0.736. The van der Waals surface area contributed by atoms with Gasteiger partial charge in [-0.3, -0.25) is 0 Å². The van der Waals surface area contributed by atoms with Crippen molar-refractivity contribution in [2.45, 2.75) is 55.3 Å². The molecule has 0 saturated heterocycles. The summed E-state index contributed by atoms with van der Waals surface area (Å²) in [7, 11) is 3.56. The summed E-state index contributed by atoms with van der Waals surface area (Å²) in [6.45, 7) is 0. The van der Waals surface area contributed by atoms with Gasteiger partial charge in [0.05, 0.1) is 16.8 Å². The van der Waals surface area contributed by atoms with Crippen molar-refractivity contribution >= 4 is 0 Å². The Morgan fingerprint density at radius 2 is 1.47 bits per heavy atom. The van der Waals surface area contributed by atoms with E-state index >= 15 is 0 Å². The minimum atomic E-state index is -0.522. The number of ether oxygens (including phenoxy) is 2. The molecule has 0 heterocycles. The van der Waals surface area contributed by atoms with Crippen LogP contribution in [0, 0.1) is 5.92 Å². The molecule has 86 valence electrons. The third-order valence-corrected chi connectivity index (χ3v) is 4.80. The molecule has 0 aromatic carbocycles. The Morgan fingerprint density at radius 3 is 1.87 bits per heavy atom. The van der Waals surface area contributed by atoms with Gasteiger partial charge >= 0.3 is 0 Å². The fraction of sp³-hybridized carbons (Fsp3) is 1.00. The van der Waals surface area contributed by atoms with Gasteiger partial charge in [-0.2, -0.15) is 0 Å². The van der Waals surface area contributed by atoms with Gasteiger partial charge in [0.2, 0.25) is 0 Å². The van der Waals surface area contributed by atoms with Gasteiger partial charge in [-0.1, -0.05) is 0 Å². The predicted octanol–water partition coefficient (Wildman–Crippen LogP) is 1.49. The molecule has 0 aliphatic heterocycles. The van der Waals surface area contributed by atoms with E-state index in [1.54, 1.807) is 14.2 Å². The number of rotatable bonds is 2. The quantitative estimate of drug-likeness (QED) is 0.753. The van der Waals surface area contributed by atoms with Gasteiger partial charge in [-0.15, -0.1) is 0 Å². The zero-order chi connectivity index (χ0) is 10.7. The molecule has 15 heavy (non-hydrogen) atoms. The molecule has 4 saturated carbocycles. The number of methoxy groups -OCH3 is 2. The smallest absolute Gasteiger partial charge is 0.0736 e. The van der Waals surface area contributed by atoms with Crippen molar-refractivity contribution in [3.05, 3.63) is 0 Å². The molecule has 4 bridgehead atoms. The Balaban J connectivity index is 2.00. The molecule has 2 atom stereocenters. The Morgan fingerprint density at radius 1 is 0.933 bits per heavy atom. The van der Waals surface area contributed by atoms with E-state index in [-0.39, 0.29) is 11.2 Å². The summed E-state index contributed by atoms with van der Waals surface area (Å²) >= 11 is 0. The van der Waals surface area contributed by atoms with Gasteiger partial charge in [0.25, 0.3) is 0 Å². The van der Waals surface area contributed by atoms with Crippen LogP contribution in [0.5, 0.6) is 0 Å². The highest BCUT2D eigenvalue weighted by Gasteiger charge is 2.63. The van der Waals surface area contributed by atoms with Gasteiger partial charge in [0.15, 0.2) is 0 Å². The van der Waals surface area contributed by atoms with Crippen LogP contribution in [0.2, 0.25) is 0 Å².